The van der Waals surface area contributed by atoms with Crippen LogP contribution >= 0.6 is 0 Å². The van der Waals surface area contributed by atoms with Crippen molar-refractivity contribution in [2.75, 3.05) is 0 Å². The summed E-state index contributed by atoms with van der Waals surface area (Å²) in [5.41, 5.74) is 6.91. The Morgan fingerprint density at radius 2 is 1.95 bits per heavy atom. The first kappa shape index (κ1) is 14.7. The maximum atomic E-state index is 12.4. The van der Waals surface area contributed by atoms with Gasteiger partial charge in [-0.05, 0) is 17.2 Å². The molecule has 0 aliphatic rings. The number of ketones is 1. The Morgan fingerprint density at radius 1 is 1.25 bits per heavy atom. The number of benzene rings is 1. The van der Waals surface area contributed by atoms with Crippen LogP contribution in [0, 0.1) is 5.41 Å². The number of hydrogen-bond acceptors (Lipinski definition) is 3. The number of carbonyl (C=O) groups is 1. The molecule has 0 aliphatic carbocycles. The average Bonchev–Trinajstić information content (AvgIpc) is 2.35. The molecule has 0 saturated heterocycles. The van der Waals surface area contributed by atoms with Crippen molar-refractivity contribution in [3.8, 4) is 0 Å². The Morgan fingerprint density at radius 3 is 2.65 bits per heavy atom. The van der Waals surface area contributed by atoms with Crippen molar-refractivity contribution in [1.82, 2.24) is 4.98 Å². The smallest absolute Gasteiger partial charge is 0.166 e. The van der Waals surface area contributed by atoms with Gasteiger partial charge < -0.3 is 5.73 Å². The first-order valence-corrected chi connectivity index (χ1v) is 6.98. The SMILES string of the molecule is CC(C)(C)CC(N)CC(=O)c1cncc2ccccc12. The van der Waals surface area contributed by atoms with Crippen LogP contribution in [0.25, 0.3) is 10.8 Å². The van der Waals surface area contributed by atoms with Crippen LogP contribution in [-0.2, 0) is 0 Å². The lowest BCUT2D eigenvalue weighted by Gasteiger charge is -2.22. The zero-order valence-corrected chi connectivity index (χ0v) is 12.4. The highest BCUT2D eigenvalue weighted by Gasteiger charge is 2.19. The van der Waals surface area contributed by atoms with Gasteiger partial charge in [-0.15, -0.1) is 0 Å². The summed E-state index contributed by atoms with van der Waals surface area (Å²) in [6.45, 7) is 6.41. The normalized spacial score (nSPS) is 13.4. The largest absolute Gasteiger partial charge is 0.327 e. The summed E-state index contributed by atoms with van der Waals surface area (Å²) in [6.07, 6.45) is 4.62. The minimum Gasteiger partial charge on any atom is -0.327 e. The third-order valence-corrected chi connectivity index (χ3v) is 3.29. The van der Waals surface area contributed by atoms with Crippen LogP contribution in [0.4, 0.5) is 0 Å². The second-order valence-corrected chi connectivity index (χ2v) is 6.56. The number of fused-ring (bicyclic) bond motifs is 1. The maximum Gasteiger partial charge on any atom is 0.166 e. The highest BCUT2D eigenvalue weighted by Crippen LogP contribution is 2.23. The van der Waals surface area contributed by atoms with Gasteiger partial charge in [-0.1, -0.05) is 45.0 Å². The number of aromatic nitrogens is 1. The standard InChI is InChI=1S/C17H22N2O/c1-17(2,3)9-13(18)8-16(20)15-11-19-10-12-6-4-5-7-14(12)15/h4-7,10-11,13H,8-9,18H2,1-3H3. The van der Waals surface area contributed by atoms with E-state index in [1.54, 1.807) is 12.4 Å². The van der Waals surface area contributed by atoms with Crippen molar-refractivity contribution in [1.29, 1.82) is 0 Å². The van der Waals surface area contributed by atoms with Gasteiger partial charge in [-0.3, -0.25) is 9.78 Å². The van der Waals surface area contributed by atoms with Crippen LogP contribution in [0.5, 0.6) is 0 Å². The topological polar surface area (TPSA) is 56.0 Å². The molecule has 0 radical (unpaired) electrons. The predicted molar refractivity (Wildman–Crippen MR) is 82.7 cm³/mol. The second-order valence-electron chi connectivity index (χ2n) is 6.56. The Balaban J connectivity index is 2.20. The molecule has 0 spiro atoms. The molecule has 20 heavy (non-hydrogen) atoms. The number of nitrogens with two attached hydrogens (primary N) is 1. The molecule has 1 unspecified atom stereocenters. The second kappa shape index (κ2) is 5.71. The van der Waals surface area contributed by atoms with E-state index in [1.807, 2.05) is 24.3 Å². The molecule has 0 bridgehead atoms. The molecule has 3 heteroatoms. The Hall–Kier alpha value is -1.74. The third-order valence-electron chi connectivity index (χ3n) is 3.29. The fraction of sp³-hybridized carbons (Fsp3) is 0.412. The molecule has 1 aromatic carbocycles. The van der Waals surface area contributed by atoms with Crippen molar-refractivity contribution < 1.29 is 4.79 Å². The maximum absolute atomic E-state index is 12.4. The van der Waals surface area contributed by atoms with Gasteiger partial charge in [0.1, 0.15) is 0 Å². The number of nitrogens with zero attached hydrogens (tertiary/aromatic N) is 1. The molecule has 1 atom stereocenters. The highest BCUT2D eigenvalue weighted by atomic mass is 16.1. The van der Waals surface area contributed by atoms with E-state index in [2.05, 4.69) is 25.8 Å². The van der Waals surface area contributed by atoms with Gasteiger partial charge >= 0.3 is 0 Å². The molecule has 1 heterocycles. The van der Waals surface area contributed by atoms with Crippen molar-refractivity contribution >= 4 is 16.6 Å². The van der Waals surface area contributed by atoms with Crippen LogP contribution in [0.15, 0.2) is 36.7 Å². The highest BCUT2D eigenvalue weighted by molar-refractivity contribution is 6.07. The molecular weight excluding hydrogens is 248 g/mol. The molecule has 0 aliphatic heterocycles. The quantitative estimate of drug-likeness (QED) is 0.864. The van der Waals surface area contributed by atoms with E-state index in [0.717, 1.165) is 17.2 Å². The van der Waals surface area contributed by atoms with Gasteiger partial charge in [0.25, 0.3) is 0 Å². The first-order valence-electron chi connectivity index (χ1n) is 6.98. The van der Waals surface area contributed by atoms with Crippen LogP contribution in [0.1, 0.15) is 44.0 Å². The average molecular weight is 270 g/mol. The van der Waals surface area contributed by atoms with Crippen molar-refractivity contribution in [2.45, 2.75) is 39.7 Å². The Bertz CT molecular complexity index is 608. The summed E-state index contributed by atoms with van der Waals surface area (Å²) in [4.78, 5) is 16.6. The van der Waals surface area contributed by atoms with E-state index in [1.165, 1.54) is 0 Å². The molecule has 2 rings (SSSR count). The van der Waals surface area contributed by atoms with Crippen molar-refractivity contribution in [3.05, 3.63) is 42.2 Å². The first-order chi connectivity index (χ1) is 9.37. The lowest BCUT2D eigenvalue weighted by Crippen LogP contribution is -2.29. The van der Waals surface area contributed by atoms with E-state index in [9.17, 15) is 4.79 Å². The molecular formula is C17H22N2O. The molecule has 1 aromatic heterocycles. The Kier molecular flexibility index (Phi) is 4.19. The number of pyridine rings is 1. The van der Waals surface area contributed by atoms with E-state index in [-0.39, 0.29) is 17.2 Å². The third kappa shape index (κ3) is 3.64. The van der Waals surface area contributed by atoms with Crippen LogP contribution in [0.3, 0.4) is 0 Å². The molecule has 3 nitrogen and oxygen atoms in total. The molecule has 0 saturated carbocycles. The summed E-state index contributed by atoms with van der Waals surface area (Å²) in [5.74, 6) is 0.0750. The van der Waals surface area contributed by atoms with E-state index in [0.29, 0.717) is 12.0 Å². The van der Waals surface area contributed by atoms with Gasteiger partial charge in [0.2, 0.25) is 0 Å². The molecule has 0 fully saturated rings. The summed E-state index contributed by atoms with van der Waals surface area (Å²) >= 11 is 0. The number of hydrogen-bond donors (Lipinski definition) is 1. The van der Waals surface area contributed by atoms with Gasteiger partial charge in [-0.25, -0.2) is 0 Å². The fourth-order valence-corrected chi connectivity index (χ4v) is 2.55. The summed E-state index contributed by atoms with van der Waals surface area (Å²) in [7, 11) is 0. The molecule has 2 N–H and O–H groups in total. The lowest BCUT2D eigenvalue weighted by atomic mass is 9.86. The number of Topliss-reactive ketones (excluding diaryl/α,β-unsaturated/α-hetero) is 1. The van der Waals surface area contributed by atoms with Crippen molar-refractivity contribution in [2.24, 2.45) is 11.1 Å². The summed E-state index contributed by atoms with van der Waals surface area (Å²) < 4.78 is 0. The van der Waals surface area contributed by atoms with Crippen molar-refractivity contribution in [3.63, 3.8) is 0 Å². The fourth-order valence-electron chi connectivity index (χ4n) is 2.55. The monoisotopic (exact) mass is 270 g/mol. The zero-order valence-electron chi connectivity index (χ0n) is 12.4. The van der Waals surface area contributed by atoms with Gasteiger partial charge in [0, 0.05) is 35.8 Å². The lowest BCUT2D eigenvalue weighted by molar-refractivity contribution is 0.0969. The molecule has 106 valence electrons. The van der Waals surface area contributed by atoms with Gasteiger partial charge in [0.05, 0.1) is 0 Å². The summed E-state index contributed by atoms with van der Waals surface area (Å²) in [6, 6.07) is 7.70. The number of carbonyl (C=O) groups excluding carboxylic acids is 1. The van der Waals surface area contributed by atoms with E-state index in [4.69, 9.17) is 5.73 Å². The van der Waals surface area contributed by atoms with E-state index >= 15 is 0 Å². The van der Waals surface area contributed by atoms with E-state index < -0.39 is 0 Å². The van der Waals surface area contributed by atoms with Gasteiger partial charge in [-0.2, -0.15) is 0 Å². The zero-order chi connectivity index (χ0) is 14.8. The number of rotatable bonds is 4. The summed E-state index contributed by atoms with van der Waals surface area (Å²) in [5, 5.41) is 1.94. The minimum atomic E-state index is -0.110. The molecule has 2 aromatic rings. The molecule has 0 amide bonds. The van der Waals surface area contributed by atoms with Gasteiger partial charge in [0.15, 0.2) is 5.78 Å². The van der Waals surface area contributed by atoms with Crippen LogP contribution < -0.4 is 5.73 Å². The minimum absolute atomic E-state index is 0.0750. The van der Waals surface area contributed by atoms with Crippen LogP contribution in [-0.4, -0.2) is 16.8 Å². The predicted octanol–water partition coefficient (Wildman–Crippen LogP) is 3.57. The van der Waals surface area contributed by atoms with Crippen LogP contribution in [0.2, 0.25) is 0 Å². The Labute approximate surface area is 120 Å².